The van der Waals surface area contributed by atoms with Gasteiger partial charge in [0.25, 0.3) is 0 Å². The van der Waals surface area contributed by atoms with Crippen LogP contribution in [0, 0.1) is 0 Å². The normalized spacial score (nSPS) is 20.2. The molecule has 2 rings (SSSR count). The van der Waals surface area contributed by atoms with Gasteiger partial charge >= 0.3 is 0 Å². The van der Waals surface area contributed by atoms with Crippen molar-refractivity contribution >= 4 is 17.7 Å². The van der Waals surface area contributed by atoms with Crippen LogP contribution in [0.25, 0.3) is 0 Å². The van der Waals surface area contributed by atoms with Gasteiger partial charge < -0.3 is 4.90 Å². The molecule has 0 bridgehead atoms. The Hall–Kier alpha value is -1.00. The summed E-state index contributed by atoms with van der Waals surface area (Å²) in [6.45, 7) is 8.16. The summed E-state index contributed by atoms with van der Waals surface area (Å²) in [6.07, 6.45) is 1.68. The predicted molar refractivity (Wildman–Crippen MR) is 95.1 cm³/mol. The van der Waals surface area contributed by atoms with Crippen LogP contribution in [-0.4, -0.2) is 52.9 Å². The van der Waals surface area contributed by atoms with E-state index in [2.05, 4.69) is 35.8 Å². The minimum absolute atomic E-state index is 0.307. The van der Waals surface area contributed by atoms with E-state index >= 15 is 0 Å². The van der Waals surface area contributed by atoms with Gasteiger partial charge in [-0.15, -0.1) is 0 Å². The summed E-state index contributed by atoms with van der Waals surface area (Å²) in [5.41, 5.74) is 1.23. The molecule has 1 atom stereocenters. The fourth-order valence-corrected chi connectivity index (χ4v) is 3.65. The maximum absolute atomic E-state index is 12.6. The first-order valence-electron chi connectivity index (χ1n) is 8.38. The molecule has 0 saturated carbocycles. The molecule has 1 aliphatic rings. The third kappa shape index (κ3) is 5.03. The largest absolute Gasteiger partial charge is 0.334 e. The lowest BCUT2D eigenvalue weighted by atomic mass is 10.1. The zero-order valence-corrected chi connectivity index (χ0v) is 14.6. The highest BCUT2D eigenvalue weighted by Gasteiger charge is 2.28. The molecule has 0 aliphatic carbocycles. The molecule has 1 aromatic rings. The van der Waals surface area contributed by atoms with E-state index in [-0.39, 0.29) is 0 Å². The Kier molecular flexibility index (Phi) is 7.26. The Labute approximate surface area is 139 Å². The molecule has 1 heterocycles. The zero-order valence-electron chi connectivity index (χ0n) is 13.8. The van der Waals surface area contributed by atoms with Gasteiger partial charge in [-0.05, 0) is 17.7 Å². The van der Waals surface area contributed by atoms with Crippen LogP contribution in [0.3, 0.4) is 0 Å². The quantitative estimate of drug-likeness (QED) is 0.721. The van der Waals surface area contributed by atoms with E-state index in [1.165, 1.54) is 17.1 Å². The van der Waals surface area contributed by atoms with Gasteiger partial charge in [-0.3, -0.25) is 9.69 Å². The fraction of sp³-hybridized carbons (Fsp3) is 0.611. The van der Waals surface area contributed by atoms with Crippen LogP contribution in [0.2, 0.25) is 0 Å². The van der Waals surface area contributed by atoms with Crippen LogP contribution in [-0.2, 0) is 11.3 Å². The zero-order chi connectivity index (χ0) is 15.8. The Morgan fingerprint density at radius 2 is 2.00 bits per heavy atom. The van der Waals surface area contributed by atoms with Crippen molar-refractivity contribution in [3.05, 3.63) is 35.9 Å². The monoisotopic (exact) mass is 320 g/mol. The summed E-state index contributed by atoms with van der Waals surface area (Å²) in [4.78, 5) is 17.1. The van der Waals surface area contributed by atoms with E-state index in [9.17, 15) is 4.79 Å². The predicted octanol–water partition coefficient (Wildman–Crippen LogP) is 3.25. The highest BCUT2D eigenvalue weighted by atomic mass is 32.2. The molecule has 1 saturated heterocycles. The topological polar surface area (TPSA) is 23.6 Å². The fourth-order valence-electron chi connectivity index (χ4n) is 2.98. The van der Waals surface area contributed by atoms with Crippen molar-refractivity contribution in [3.63, 3.8) is 0 Å². The molecule has 122 valence electrons. The molecule has 22 heavy (non-hydrogen) atoms. The average molecular weight is 321 g/mol. The lowest BCUT2D eigenvalue weighted by Crippen LogP contribution is -2.42. The Balaban J connectivity index is 2.00. The van der Waals surface area contributed by atoms with Gasteiger partial charge in [0.2, 0.25) is 5.91 Å². The standard InChI is InChI=1S/C18H28N2OS/c1-3-17-15-19(12-13-22-4-2)11-10-18(21)20(17)14-16-8-6-5-7-9-16/h5-9,17H,3-4,10-15H2,1-2H3/t17-/m1/s1. The second-order valence-electron chi connectivity index (χ2n) is 5.82. The molecule has 3 nitrogen and oxygen atoms in total. The van der Waals surface area contributed by atoms with E-state index in [0.29, 0.717) is 18.4 Å². The molecule has 0 spiro atoms. The van der Waals surface area contributed by atoms with E-state index in [0.717, 1.165) is 32.6 Å². The van der Waals surface area contributed by atoms with Crippen LogP contribution in [0.1, 0.15) is 32.3 Å². The molecule has 0 aromatic heterocycles. The van der Waals surface area contributed by atoms with Crippen molar-refractivity contribution in [1.82, 2.24) is 9.80 Å². The van der Waals surface area contributed by atoms with Gasteiger partial charge in [0.1, 0.15) is 0 Å². The van der Waals surface area contributed by atoms with Gasteiger partial charge in [0.15, 0.2) is 0 Å². The summed E-state index contributed by atoms with van der Waals surface area (Å²) < 4.78 is 0. The molecule has 1 aliphatic heterocycles. The number of carbonyl (C=O) groups excluding carboxylic acids is 1. The molecule has 0 unspecified atom stereocenters. The summed E-state index contributed by atoms with van der Waals surface area (Å²) in [7, 11) is 0. The molecule has 1 aromatic carbocycles. The van der Waals surface area contributed by atoms with Crippen molar-refractivity contribution in [1.29, 1.82) is 0 Å². The lowest BCUT2D eigenvalue weighted by Gasteiger charge is -2.31. The number of nitrogens with zero attached hydrogens (tertiary/aromatic N) is 2. The van der Waals surface area contributed by atoms with Crippen LogP contribution in [0.4, 0.5) is 0 Å². The average Bonchev–Trinajstić information content (AvgIpc) is 2.69. The van der Waals surface area contributed by atoms with Crippen LogP contribution in [0.5, 0.6) is 0 Å². The van der Waals surface area contributed by atoms with Crippen molar-refractivity contribution in [2.75, 3.05) is 31.1 Å². The molecule has 0 radical (unpaired) electrons. The highest BCUT2D eigenvalue weighted by molar-refractivity contribution is 7.99. The number of hydrogen-bond donors (Lipinski definition) is 0. The minimum atomic E-state index is 0.307. The number of amides is 1. The third-order valence-electron chi connectivity index (χ3n) is 4.29. The number of rotatable bonds is 7. The second-order valence-corrected chi connectivity index (χ2v) is 7.21. The SMILES string of the molecule is CCSCCN1CCC(=O)N(Cc2ccccc2)[C@H](CC)C1. The summed E-state index contributed by atoms with van der Waals surface area (Å²) in [5.74, 6) is 2.64. The van der Waals surface area contributed by atoms with Gasteiger partial charge in [-0.1, -0.05) is 44.2 Å². The second kappa shape index (κ2) is 9.21. The first-order chi connectivity index (χ1) is 10.7. The summed E-state index contributed by atoms with van der Waals surface area (Å²) >= 11 is 1.98. The van der Waals surface area contributed by atoms with Gasteiger partial charge in [0.05, 0.1) is 0 Å². The van der Waals surface area contributed by atoms with Crippen LogP contribution >= 0.6 is 11.8 Å². The maximum Gasteiger partial charge on any atom is 0.224 e. The number of carbonyl (C=O) groups is 1. The summed E-state index contributed by atoms with van der Waals surface area (Å²) in [5, 5.41) is 0. The minimum Gasteiger partial charge on any atom is -0.334 e. The van der Waals surface area contributed by atoms with E-state index in [1.54, 1.807) is 0 Å². The van der Waals surface area contributed by atoms with Crippen molar-refractivity contribution in [2.45, 2.75) is 39.3 Å². The molecular weight excluding hydrogens is 292 g/mol. The Morgan fingerprint density at radius 1 is 1.23 bits per heavy atom. The third-order valence-corrected chi connectivity index (χ3v) is 5.17. The molecule has 4 heteroatoms. The van der Waals surface area contributed by atoms with Crippen molar-refractivity contribution in [3.8, 4) is 0 Å². The van der Waals surface area contributed by atoms with Crippen molar-refractivity contribution in [2.24, 2.45) is 0 Å². The first-order valence-corrected chi connectivity index (χ1v) is 9.53. The van der Waals surface area contributed by atoms with E-state index < -0.39 is 0 Å². The number of hydrogen-bond acceptors (Lipinski definition) is 3. The molecular formula is C18H28N2OS. The number of benzene rings is 1. The maximum atomic E-state index is 12.6. The smallest absolute Gasteiger partial charge is 0.224 e. The number of thioether (sulfide) groups is 1. The van der Waals surface area contributed by atoms with E-state index in [1.807, 2.05) is 30.0 Å². The van der Waals surface area contributed by atoms with Gasteiger partial charge in [0, 0.05) is 44.4 Å². The molecule has 0 N–H and O–H groups in total. The van der Waals surface area contributed by atoms with Gasteiger partial charge in [-0.2, -0.15) is 11.8 Å². The first kappa shape index (κ1) is 17.4. The molecule has 1 amide bonds. The Bertz CT molecular complexity index is 452. The lowest BCUT2D eigenvalue weighted by molar-refractivity contribution is -0.133. The highest BCUT2D eigenvalue weighted by Crippen LogP contribution is 2.18. The Morgan fingerprint density at radius 3 is 2.68 bits per heavy atom. The molecule has 1 fully saturated rings. The van der Waals surface area contributed by atoms with Gasteiger partial charge in [-0.25, -0.2) is 0 Å². The van der Waals surface area contributed by atoms with E-state index in [4.69, 9.17) is 0 Å². The van der Waals surface area contributed by atoms with Crippen molar-refractivity contribution < 1.29 is 4.79 Å². The van der Waals surface area contributed by atoms with Crippen LogP contribution in [0.15, 0.2) is 30.3 Å². The van der Waals surface area contributed by atoms with Crippen LogP contribution < -0.4 is 0 Å². The summed E-state index contributed by atoms with van der Waals surface area (Å²) in [6, 6.07) is 10.7.